The molecule has 0 bridgehead atoms. The molecule has 0 radical (unpaired) electrons. The summed E-state index contributed by atoms with van der Waals surface area (Å²) in [6.07, 6.45) is -0.174. The van der Waals surface area contributed by atoms with Crippen molar-refractivity contribution in [1.82, 2.24) is 0 Å². The third-order valence-corrected chi connectivity index (χ3v) is 3.93. The molecule has 1 heterocycles. The molecule has 0 spiro atoms. The molecule has 1 aromatic rings. The second-order valence-corrected chi connectivity index (χ2v) is 5.31. The van der Waals surface area contributed by atoms with Gasteiger partial charge in [0.05, 0.1) is 24.4 Å². The third-order valence-electron chi connectivity index (χ3n) is 3.93. The molecule has 116 valence electrons. The predicted molar refractivity (Wildman–Crippen MR) is 73.8 cm³/mol. The maximum atomic E-state index is 14.0. The Morgan fingerprint density at radius 3 is 2.62 bits per heavy atom. The molecular weight excluding hydrogens is 283 g/mol. The first-order chi connectivity index (χ1) is 9.74. The lowest BCUT2D eigenvalue weighted by molar-refractivity contribution is -0.172. The van der Waals surface area contributed by atoms with E-state index in [2.05, 4.69) is 4.99 Å². The Morgan fingerprint density at radius 1 is 1.48 bits per heavy atom. The number of aliphatic imine (C=N–C) groups is 1. The fourth-order valence-corrected chi connectivity index (χ4v) is 2.70. The molecular formula is C15H18F3NO2. The van der Waals surface area contributed by atoms with Gasteiger partial charge in [0.25, 0.3) is 5.92 Å². The number of nitrogens with zero attached hydrogens (tertiary/aromatic N) is 1. The number of alkyl halides is 2. The van der Waals surface area contributed by atoms with Crippen molar-refractivity contribution in [2.75, 3.05) is 7.11 Å². The van der Waals surface area contributed by atoms with E-state index in [0.717, 1.165) is 0 Å². The molecule has 1 N–H and O–H groups in total. The van der Waals surface area contributed by atoms with E-state index in [4.69, 9.17) is 4.74 Å². The highest BCUT2D eigenvalue weighted by molar-refractivity contribution is 6.05. The summed E-state index contributed by atoms with van der Waals surface area (Å²) < 4.78 is 46.7. The van der Waals surface area contributed by atoms with E-state index >= 15 is 0 Å². The number of methoxy groups -OCH3 is 1. The minimum atomic E-state index is -3.34. The molecule has 0 aromatic heterocycles. The van der Waals surface area contributed by atoms with Gasteiger partial charge in [-0.1, -0.05) is 13.0 Å². The second kappa shape index (κ2) is 5.33. The van der Waals surface area contributed by atoms with Crippen molar-refractivity contribution in [2.45, 2.75) is 44.3 Å². The maximum Gasteiger partial charge on any atom is 0.275 e. The molecule has 0 aliphatic carbocycles. The zero-order valence-corrected chi connectivity index (χ0v) is 12.2. The summed E-state index contributed by atoms with van der Waals surface area (Å²) in [5.74, 6) is -3.73. The summed E-state index contributed by atoms with van der Waals surface area (Å²) in [5, 5.41) is 10.3. The molecule has 3 nitrogen and oxygen atoms in total. The molecule has 1 aliphatic heterocycles. The summed E-state index contributed by atoms with van der Waals surface area (Å²) in [5.41, 5.74) is -2.15. The largest absolute Gasteiger partial charge is 0.496 e. The van der Waals surface area contributed by atoms with Crippen molar-refractivity contribution < 1.29 is 23.0 Å². The summed E-state index contributed by atoms with van der Waals surface area (Å²) >= 11 is 0. The Morgan fingerprint density at radius 2 is 2.14 bits per heavy atom. The topological polar surface area (TPSA) is 41.8 Å². The van der Waals surface area contributed by atoms with E-state index in [-0.39, 0.29) is 23.4 Å². The van der Waals surface area contributed by atoms with Crippen molar-refractivity contribution in [1.29, 1.82) is 0 Å². The van der Waals surface area contributed by atoms with E-state index in [1.807, 2.05) is 0 Å². The summed E-state index contributed by atoms with van der Waals surface area (Å²) in [6, 6.07) is 3.23. The minimum absolute atomic E-state index is 0.0404. The van der Waals surface area contributed by atoms with E-state index in [0.29, 0.717) is 6.92 Å². The molecule has 2 unspecified atom stereocenters. The molecule has 0 saturated carbocycles. The molecule has 21 heavy (non-hydrogen) atoms. The normalized spacial score (nSPS) is 25.9. The molecule has 0 saturated heterocycles. The second-order valence-electron chi connectivity index (χ2n) is 5.31. The quantitative estimate of drug-likeness (QED) is 0.928. The molecule has 0 amide bonds. The maximum absolute atomic E-state index is 14.0. The van der Waals surface area contributed by atoms with Gasteiger partial charge in [0.2, 0.25) is 0 Å². The standard InChI is InChI=1S/C15H18F3NO2/c1-4-12-15(20,14(2,17)18)8-10(19-12)13-9(16)6-5-7-11(13)21-3/h5-7,12,20H,4,8H2,1-3H3. The van der Waals surface area contributed by atoms with Gasteiger partial charge in [0.15, 0.2) is 5.60 Å². The molecule has 2 rings (SSSR count). The fourth-order valence-electron chi connectivity index (χ4n) is 2.70. The first-order valence-electron chi connectivity index (χ1n) is 6.74. The number of benzene rings is 1. The van der Waals surface area contributed by atoms with Gasteiger partial charge >= 0.3 is 0 Å². The average molecular weight is 301 g/mol. The highest BCUT2D eigenvalue weighted by atomic mass is 19.3. The van der Waals surface area contributed by atoms with Crippen LogP contribution in [0, 0.1) is 5.82 Å². The summed E-state index contributed by atoms with van der Waals surface area (Å²) in [6.45, 7) is 2.32. The summed E-state index contributed by atoms with van der Waals surface area (Å²) in [4.78, 5) is 4.13. The smallest absolute Gasteiger partial charge is 0.275 e. The number of halogens is 3. The number of rotatable bonds is 4. The average Bonchev–Trinajstić information content (AvgIpc) is 2.76. The highest BCUT2D eigenvalue weighted by Crippen LogP contribution is 2.43. The third kappa shape index (κ3) is 2.52. The van der Waals surface area contributed by atoms with Gasteiger partial charge in [0.1, 0.15) is 11.6 Å². The van der Waals surface area contributed by atoms with Gasteiger partial charge < -0.3 is 9.84 Å². The van der Waals surface area contributed by atoms with Crippen LogP contribution in [-0.2, 0) is 0 Å². The van der Waals surface area contributed by atoms with E-state index < -0.39 is 29.8 Å². The minimum Gasteiger partial charge on any atom is -0.496 e. The Bertz CT molecular complexity index is 569. The van der Waals surface area contributed by atoms with Crippen LogP contribution >= 0.6 is 0 Å². The summed E-state index contributed by atoms with van der Waals surface area (Å²) in [7, 11) is 1.37. The van der Waals surface area contributed by atoms with Crippen molar-refractivity contribution >= 4 is 5.71 Å². The Kier molecular flexibility index (Phi) is 4.02. The Balaban J connectivity index is 2.49. The van der Waals surface area contributed by atoms with Gasteiger partial charge in [-0.3, -0.25) is 4.99 Å². The monoisotopic (exact) mass is 301 g/mol. The lowest BCUT2D eigenvalue weighted by Crippen LogP contribution is -2.52. The van der Waals surface area contributed by atoms with Crippen LogP contribution in [0.15, 0.2) is 23.2 Å². The molecule has 1 aliphatic rings. The number of aliphatic hydroxyl groups is 1. The van der Waals surface area contributed by atoms with Crippen molar-refractivity contribution in [3.8, 4) is 5.75 Å². The van der Waals surface area contributed by atoms with Crippen molar-refractivity contribution in [3.05, 3.63) is 29.6 Å². The van der Waals surface area contributed by atoms with Crippen molar-refractivity contribution in [2.24, 2.45) is 4.99 Å². The van der Waals surface area contributed by atoms with Gasteiger partial charge in [-0.05, 0) is 18.6 Å². The van der Waals surface area contributed by atoms with Gasteiger partial charge in [0, 0.05) is 13.3 Å². The first-order valence-corrected chi connectivity index (χ1v) is 6.74. The van der Waals surface area contributed by atoms with E-state index in [9.17, 15) is 18.3 Å². The van der Waals surface area contributed by atoms with Crippen LogP contribution in [0.25, 0.3) is 0 Å². The van der Waals surface area contributed by atoms with Gasteiger partial charge in [-0.25, -0.2) is 13.2 Å². The lowest BCUT2D eigenvalue weighted by atomic mass is 9.84. The SMILES string of the molecule is CCC1N=C(c2c(F)cccc2OC)CC1(O)C(C)(F)F. The van der Waals surface area contributed by atoms with Crippen LogP contribution in [0.2, 0.25) is 0 Å². The number of hydrogen-bond acceptors (Lipinski definition) is 3. The molecule has 2 atom stereocenters. The van der Waals surface area contributed by atoms with Crippen LogP contribution in [0.3, 0.4) is 0 Å². The van der Waals surface area contributed by atoms with Crippen LogP contribution in [0.1, 0.15) is 32.3 Å². The Hall–Kier alpha value is -1.56. The van der Waals surface area contributed by atoms with E-state index in [1.54, 1.807) is 6.92 Å². The molecule has 0 fully saturated rings. The van der Waals surface area contributed by atoms with Gasteiger partial charge in [-0.15, -0.1) is 0 Å². The molecule has 1 aromatic carbocycles. The van der Waals surface area contributed by atoms with E-state index in [1.165, 1.54) is 25.3 Å². The highest BCUT2D eigenvalue weighted by Gasteiger charge is 2.57. The van der Waals surface area contributed by atoms with Crippen molar-refractivity contribution in [3.63, 3.8) is 0 Å². The Labute approximate surface area is 121 Å². The zero-order valence-electron chi connectivity index (χ0n) is 12.2. The molecule has 6 heteroatoms. The number of ether oxygens (including phenoxy) is 1. The van der Waals surface area contributed by atoms with Crippen LogP contribution in [0.4, 0.5) is 13.2 Å². The fraction of sp³-hybridized carbons (Fsp3) is 0.533. The number of hydrogen-bond donors (Lipinski definition) is 1. The first kappa shape index (κ1) is 15.8. The zero-order chi connectivity index (χ0) is 15.8. The van der Waals surface area contributed by atoms with Crippen LogP contribution in [0.5, 0.6) is 5.75 Å². The van der Waals surface area contributed by atoms with Gasteiger partial charge in [-0.2, -0.15) is 0 Å². The van der Waals surface area contributed by atoms with Crippen LogP contribution in [-0.4, -0.2) is 35.5 Å². The predicted octanol–water partition coefficient (Wildman–Crippen LogP) is 3.19. The van der Waals surface area contributed by atoms with Crippen LogP contribution < -0.4 is 4.74 Å². The lowest BCUT2D eigenvalue weighted by Gasteiger charge is -2.33.